The van der Waals surface area contributed by atoms with Gasteiger partial charge in [0.05, 0.1) is 12.8 Å². The van der Waals surface area contributed by atoms with E-state index in [1.54, 1.807) is 103 Å². The largest absolute Gasteiger partial charge is 0.481 e. The predicted molar refractivity (Wildman–Crippen MR) is 358 cm³/mol. The number of nitrogens with one attached hydrogen (secondary N) is 7. The summed E-state index contributed by atoms with van der Waals surface area (Å²) in [5.41, 5.74) is 0.430. The highest BCUT2D eigenvalue weighted by Crippen LogP contribution is 2.19. The lowest BCUT2D eigenvalue weighted by Crippen LogP contribution is -2.61. The molecule has 2 aromatic rings. The standard InChI is InChI=1S/C71H113N7O16/c1-15-16-17-18-19-20-21-22-29-34-52(41-59(79)80)93-69(89)58(40-48(8)9)76-65(85)55(38-46(4)5)73-66(86)57(42-61(82)92-44-51-32-27-24-28-33-51)75-68(88)62(49(10)11)78-67(87)56(39-47(6)7)74-64(84)54(37-45(2)3)72-63(83)53(77-70(90)94-71(12,13)14)35-36-60(81)91-43-50-30-25-23-26-31-50/h23-28,30-33,45-49,52-58,62H,15-22,29,34-44H2,1-14H3,(H,72,83)(H,73,86)(H,74,84)(H,75,88)(H,76,85)(H,77,90)(H,78,87)(H,79,80)/t52-,53+,54+,55-,56-,57+,58+,62+/m1/s1. The van der Waals surface area contributed by atoms with E-state index in [1.165, 1.54) is 19.3 Å². The maximum Gasteiger partial charge on any atom is 0.408 e. The summed E-state index contributed by atoms with van der Waals surface area (Å²) in [6.07, 6.45) is 6.39. The lowest BCUT2D eigenvalue weighted by molar-refractivity contribution is -0.157. The number of rotatable bonds is 45. The number of carbonyl (C=O) groups excluding carboxylic acids is 10. The second kappa shape index (κ2) is 44.1. The molecule has 2 rings (SSSR count). The molecule has 8 atom stereocenters. The molecule has 0 aliphatic carbocycles. The van der Waals surface area contributed by atoms with E-state index in [-0.39, 0.29) is 75.4 Å². The van der Waals surface area contributed by atoms with Gasteiger partial charge in [0.1, 0.15) is 67.2 Å². The highest BCUT2D eigenvalue weighted by molar-refractivity contribution is 5.98. The predicted octanol–water partition coefficient (Wildman–Crippen LogP) is 9.59. The first-order valence-electron chi connectivity index (χ1n) is 33.9. The minimum atomic E-state index is -1.70. The Bertz CT molecular complexity index is 2660. The summed E-state index contributed by atoms with van der Waals surface area (Å²) in [7, 11) is 0. The van der Waals surface area contributed by atoms with Gasteiger partial charge < -0.3 is 61.3 Å². The van der Waals surface area contributed by atoms with Gasteiger partial charge in [0.2, 0.25) is 35.4 Å². The number of carboxylic acid groups (broad SMARTS) is 1. The van der Waals surface area contributed by atoms with Gasteiger partial charge in [0, 0.05) is 6.42 Å². The topological polar surface area (TPSA) is 329 Å². The Morgan fingerprint density at radius 3 is 1.27 bits per heavy atom. The van der Waals surface area contributed by atoms with Crippen LogP contribution < -0.4 is 37.2 Å². The van der Waals surface area contributed by atoms with E-state index < -0.39 is 138 Å². The molecule has 0 unspecified atom stereocenters. The van der Waals surface area contributed by atoms with Crippen LogP contribution in [0.15, 0.2) is 60.7 Å². The molecule has 0 heterocycles. The number of benzene rings is 2. The first kappa shape index (κ1) is 82.5. The summed E-state index contributed by atoms with van der Waals surface area (Å²) in [6.45, 7) is 24.7. The number of esters is 3. The molecule has 0 radical (unpaired) electrons. The van der Waals surface area contributed by atoms with Crippen LogP contribution in [0, 0.1) is 29.6 Å². The molecule has 23 nitrogen and oxygen atoms in total. The number of unbranched alkanes of at least 4 members (excludes halogenated alkanes) is 8. The highest BCUT2D eigenvalue weighted by atomic mass is 16.6. The Hall–Kier alpha value is -7.59. The second-order valence-corrected chi connectivity index (χ2v) is 27.6. The summed E-state index contributed by atoms with van der Waals surface area (Å²) in [5.74, 6) is -10.0. The summed E-state index contributed by atoms with van der Waals surface area (Å²) >= 11 is 0. The van der Waals surface area contributed by atoms with Crippen molar-refractivity contribution in [3.8, 4) is 0 Å². The van der Waals surface area contributed by atoms with Gasteiger partial charge in [0.15, 0.2) is 0 Å². The van der Waals surface area contributed by atoms with Crippen LogP contribution in [0.3, 0.4) is 0 Å². The summed E-state index contributed by atoms with van der Waals surface area (Å²) in [6, 6.07) is 8.08. The zero-order valence-electron chi connectivity index (χ0n) is 58.5. The van der Waals surface area contributed by atoms with Gasteiger partial charge in [-0.3, -0.25) is 43.2 Å². The van der Waals surface area contributed by atoms with Crippen molar-refractivity contribution in [1.82, 2.24) is 37.2 Å². The molecule has 7 amide bonds. The minimum absolute atomic E-state index is 0.0194. The van der Waals surface area contributed by atoms with E-state index >= 15 is 0 Å². The maximum absolute atomic E-state index is 14.7. The molecule has 0 bridgehead atoms. The molecule has 528 valence electrons. The Kier molecular flexibility index (Phi) is 38.7. The van der Waals surface area contributed by atoms with Gasteiger partial charge in [-0.1, -0.05) is 188 Å². The average molecular weight is 1320 g/mol. The molecule has 8 N–H and O–H groups in total. The first-order valence-corrected chi connectivity index (χ1v) is 33.9. The van der Waals surface area contributed by atoms with E-state index in [4.69, 9.17) is 18.9 Å². The molecular weight excluding hydrogens is 1210 g/mol. The summed E-state index contributed by atoms with van der Waals surface area (Å²) in [5, 5.41) is 28.5. The van der Waals surface area contributed by atoms with Crippen molar-refractivity contribution >= 4 is 65.4 Å². The third-order valence-electron chi connectivity index (χ3n) is 15.0. The molecule has 0 fully saturated rings. The van der Waals surface area contributed by atoms with Crippen molar-refractivity contribution in [2.75, 3.05) is 0 Å². The van der Waals surface area contributed by atoms with Crippen molar-refractivity contribution in [3.05, 3.63) is 71.8 Å². The summed E-state index contributed by atoms with van der Waals surface area (Å²) in [4.78, 5) is 152. The number of aliphatic carboxylic acids is 1. The van der Waals surface area contributed by atoms with Gasteiger partial charge in [-0.15, -0.1) is 0 Å². The Morgan fingerprint density at radius 1 is 0.436 bits per heavy atom. The number of carbonyl (C=O) groups is 11. The number of carboxylic acids is 1. The van der Waals surface area contributed by atoms with Gasteiger partial charge in [-0.05, 0) is 106 Å². The van der Waals surface area contributed by atoms with E-state index in [9.17, 15) is 57.8 Å². The van der Waals surface area contributed by atoms with Crippen LogP contribution in [-0.2, 0) is 80.1 Å². The lowest BCUT2D eigenvalue weighted by Gasteiger charge is -2.30. The van der Waals surface area contributed by atoms with Gasteiger partial charge in [-0.2, -0.15) is 0 Å². The Labute approximate surface area is 558 Å². The molecule has 0 aliphatic heterocycles. The van der Waals surface area contributed by atoms with Crippen LogP contribution in [0.1, 0.15) is 224 Å². The molecule has 23 heteroatoms. The van der Waals surface area contributed by atoms with E-state index in [0.29, 0.717) is 18.4 Å². The number of hydrogen-bond donors (Lipinski definition) is 8. The van der Waals surface area contributed by atoms with Crippen LogP contribution in [-0.4, -0.2) is 125 Å². The molecule has 0 spiro atoms. The first-order chi connectivity index (χ1) is 44.3. The third kappa shape index (κ3) is 36.2. The van der Waals surface area contributed by atoms with Gasteiger partial charge >= 0.3 is 30.0 Å². The quantitative estimate of drug-likeness (QED) is 0.0174. The molecule has 0 saturated heterocycles. The fraction of sp³-hybridized carbons (Fsp3) is 0.676. The lowest BCUT2D eigenvalue weighted by atomic mass is 9.98. The second-order valence-electron chi connectivity index (χ2n) is 27.6. The van der Waals surface area contributed by atoms with E-state index in [1.807, 2.05) is 47.6 Å². The molecule has 2 aromatic carbocycles. The fourth-order valence-electron chi connectivity index (χ4n) is 10.2. The summed E-state index contributed by atoms with van der Waals surface area (Å²) < 4.78 is 22.2. The Balaban J connectivity index is 2.46. The van der Waals surface area contributed by atoms with Crippen LogP contribution in [0.4, 0.5) is 4.79 Å². The maximum atomic E-state index is 14.7. The normalized spacial score (nSPS) is 14.1. The smallest absolute Gasteiger partial charge is 0.408 e. The monoisotopic (exact) mass is 1320 g/mol. The minimum Gasteiger partial charge on any atom is -0.481 e. The number of ether oxygens (including phenoxy) is 4. The zero-order chi connectivity index (χ0) is 70.5. The average Bonchev–Trinajstić information content (AvgIpc) is 0.881. The van der Waals surface area contributed by atoms with Crippen molar-refractivity contribution in [1.29, 1.82) is 0 Å². The molecule has 94 heavy (non-hydrogen) atoms. The van der Waals surface area contributed by atoms with E-state index in [2.05, 4.69) is 44.1 Å². The number of hydrogen-bond acceptors (Lipinski definition) is 15. The molecular formula is C71H113N7O16. The molecule has 0 aromatic heterocycles. The van der Waals surface area contributed by atoms with E-state index in [0.717, 1.165) is 37.7 Å². The Morgan fingerprint density at radius 2 is 0.830 bits per heavy atom. The highest BCUT2D eigenvalue weighted by Gasteiger charge is 2.38. The van der Waals surface area contributed by atoms with Crippen LogP contribution in [0.2, 0.25) is 0 Å². The van der Waals surface area contributed by atoms with Gasteiger partial charge in [-0.25, -0.2) is 9.59 Å². The SMILES string of the molecule is CCCCCCCCCCC[C@H](CC(=O)O)OC(=O)[C@H](CC(C)C)NC(=O)[C@@H](CC(C)C)NC(=O)[C@H](CC(=O)OCc1ccccc1)NC(=O)[C@@H](NC(=O)[C@@H](CC(C)C)NC(=O)[C@H](CC(C)C)NC(=O)[C@H](CCC(=O)OCc1ccccc1)NC(=O)OC(C)(C)C)C(C)C. The van der Waals surface area contributed by atoms with Crippen LogP contribution >= 0.6 is 0 Å². The van der Waals surface area contributed by atoms with Gasteiger partial charge in [0.25, 0.3) is 0 Å². The zero-order valence-corrected chi connectivity index (χ0v) is 58.5. The van der Waals surface area contributed by atoms with Crippen molar-refractivity contribution < 1.29 is 76.8 Å². The fourth-order valence-corrected chi connectivity index (χ4v) is 10.2. The molecule has 0 saturated carbocycles. The van der Waals surface area contributed by atoms with Crippen molar-refractivity contribution in [3.63, 3.8) is 0 Å². The van der Waals surface area contributed by atoms with Crippen molar-refractivity contribution in [2.45, 2.75) is 280 Å². The number of amides is 7. The van der Waals surface area contributed by atoms with Crippen molar-refractivity contribution in [2.24, 2.45) is 29.6 Å². The van der Waals surface area contributed by atoms with Crippen LogP contribution in [0.25, 0.3) is 0 Å². The van der Waals surface area contributed by atoms with Crippen LogP contribution in [0.5, 0.6) is 0 Å². The number of alkyl carbamates (subject to hydrolysis) is 1. The molecule has 0 aliphatic rings. The third-order valence-corrected chi connectivity index (χ3v) is 15.0.